The van der Waals surface area contributed by atoms with Gasteiger partial charge in [0, 0.05) is 36.7 Å². The van der Waals surface area contributed by atoms with E-state index in [0.29, 0.717) is 46.1 Å². The quantitative estimate of drug-likeness (QED) is 0.119. The number of hydrogen-bond donors (Lipinski definition) is 0. The van der Waals surface area contributed by atoms with Crippen LogP contribution in [0, 0.1) is 0 Å². The minimum atomic E-state index is -0.583. The van der Waals surface area contributed by atoms with E-state index in [2.05, 4.69) is 35.2 Å². The Hall–Kier alpha value is -4.28. The van der Waals surface area contributed by atoms with Gasteiger partial charge in [-0.1, -0.05) is 42.5 Å². The van der Waals surface area contributed by atoms with Crippen molar-refractivity contribution in [2.45, 2.75) is 84.2 Å². The lowest BCUT2D eigenvalue weighted by Crippen LogP contribution is -2.48. The predicted octanol–water partition coefficient (Wildman–Crippen LogP) is 7.31. The summed E-state index contributed by atoms with van der Waals surface area (Å²) in [6.07, 6.45) is 2.90. The molecule has 0 bridgehead atoms. The van der Waals surface area contributed by atoms with E-state index >= 15 is 0 Å². The van der Waals surface area contributed by atoms with Crippen molar-refractivity contribution >= 4 is 17.7 Å². The van der Waals surface area contributed by atoms with Crippen molar-refractivity contribution in [2.75, 3.05) is 58.0 Å². The molecule has 3 aromatic rings. The number of benzene rings is 3. The number of likely N-dealkylation sites (tertiary alicyclic amines) is 1. The molecule has 10 heteroatoms. The monoisotopic (exact) mass is 702 g/mol. The lowest BCUT2D eigenvalue weighted by atomic mass is 9.87. The van der Waals surface area contributed by atoms with Crippen LogP contribution in [0.5, 0.6) is 11.5 Å². The first-order valence-electron chi connectivity index (χ1n) is 18.2. The van der Waals surface area contributed by atoms with E-state index in [1.807, 2.05) is 64.1 Å². The molecule has 0 aliphatic carbocycles. The molecule has 1 saturated heterocycles. The molecule has 10 nitrogen and oxygen atoms in total. The highest BCUT2D eigenvalue weighted by molar-refractivity contribution is 5.77. The van der Waals surface area contributed by atoms with Crippen molar-refractivity contribution in [1.82, 2.24) is 4.90 Å². The molecule has 3 aromatic carbocycles. The molecular weight excluding hydrogens is 648 g/mol. The number of hydrogen-bond acceptors (Lipinski definition) is 9. The Labute approximate surface area is 302 Å². The molecule has 0 saturated carbocycles. The van der Waals surface area contributed by atoms with Crippen molar-refractivity contribution in [3.05, 3.63) is 89.0 Å². The van der Waals surface area contributed by atoms with Crippen LogP contribution in [0.25, 0.3) is 0 Å². The summed E-state index contributed by atoms with van der Waals surface area (Å²) in [7, 11) is 1.67. The van der Waals surface area contributed by atoms with Gasteiger partial charge in [-0.05, 0) is 87.9 Å². The van der Waals surface area contributed by atoms with Crippen LogP contribution in [-0.2, 0) is 43.4 Å². The highest BCUT2D eigenvalue weighted by Gasteiger charge is 2.35. The maximum absolute atomic E-state index is 13.1. The topological polar surface area (TPSA) is 96.0 Å². The van der Waals surface area contributed by atoms with Crippen LogP contribution >= 0.6 is 0 Å². The molecule has 1 fully saturated rings. The highest BCUT2D eigenvalue weighted by Crippen LogP contribution is 2.34. The van der Waals surface area contributed by atoms with Crippen LogP contribution < -0.4 is 14.4 Å². The third kappa shape index (κ3) is 11.1. The second-order valence-corrected chi connectivity index (χ2v) is 14.1. The number of nitrogens with zero attached hydrogens (tertiary/aromatic N) is 2. The number of rotatable bonds is 15. The van der Waals surface area contributed by atoms with Gasteiger partial charge in [-0.2, -0.15) is 0 Å². The summed E-state index contributed by atoms with van der Waals surface area (Å²) in [5, 5.41) is 0. The zero-order chi connectivity index (χ0) is 36.2. The third-order valence-corrected chi connectivity index (χ3v) is 9.12. The van der Waals surface area contributed by atoms with E-state index in [1.165, 1.54) is 5.56 Å². The van der Waals surface area contributed by atoms with Crippen molar-refractivity contribution in [2.24, 2.45) is 0 Å². The zero-order valence-electron chi connectivity index (χ0n) is 30.9. The van der Waals surface area contributed by atoms with E-state index < -0.39 is 5.60 Å². The van der Waals surface area contributed by atoms with Crippen LogP contribution in [0.15, 0.2) is 66.7 Å². The number of carbonyl (C=O) groups is 2. The molecule has 2 aliphatic heterocycles. The van der Waals surface area contributed by atoms with Crippen LogP contribution in [0.3, 0.4) is 0 Å². The predicted molar refractivity (Wildman–Crippen MR) is 197 cm³/mol. The third-order valence-electron chi connectivity index (χ3n) is 9.12. The first kappa shape index (κ1) is 38.0. The number of esters is 1. The van der Waals surface area contributed by atoms with Gasteiger partial charge < -0.3 is 38.2 Å². The Morgan fingerprint density at radius 3 is 2.51 bits per heavy atom. The van der Waals surface area contributed by atoms with Crippen LogP contribution in [0.4, 0.5) is 10.5 Å². The number of anilines is 1. The second kappa shape index (κ2) is 18.3. The Bertz CT molecular complexity index is 1570. The number of carbonyl (C=O) groups excluding carboxylic acids is 2. The Morgan fingerprint density at radius 2 is 1.75 bits per heavy atom. The van der Waals surface area contributed by atoms with Gasteiger partial charge in [-0.15, -0.1) is 0 Å². The Morgan fingerprint density at radius 1 is 0.941 bits per heavy atom. The van der Waals surface area contributed by atoms with Gasteiger partial charge in [0.2, 0.25) is 0 Å². The number of ether oxygens (including phenoxy) is 6. The van der Waals surface area contributed by atoms with Crippen molar-refractivity contribution in [3.8, 4) is 11.5 Å². The van der Waals surface area contributed by atoms with Gasteiger partial charge in [-0.3, -0.25) is 4.79 Å². The fourth-order valence-electron chi connectivity index (χ4n) is 6.64. The first-order chi connectivity index (χ1) is 24.6. The molecule has 2 unspecified atom stereocenters. The Kier molecular flexibility index (Phi) is 13.6. The summed E-state index contributed by atoms with van der Waals surface area (Å²) in [4.78, 5) is 29.3. The van der Waals surface area contributed by atoms with Gasteiger partial charge in [0.15, 0.2) is 0 Å². The standard InChI is InChI=1S/C41H54N2O8/c1-6-48-39(44)27-42-21-9-12-32-15-14-30(25-36(32)42)28-50-38-26-43(40(45)51-41(2,3)4)22-20-35(38)31-16-18-34(19-17-31)49-24-10-23-47-29-33-11-7-8-13-37(33)46-5/h7-8,11,13-19,25,35,38H,6,9-10,12,20-24,26-29H2,1-5H3. The highest BCUT2D eigenvalue weighted by atomic mass is 16.6. The number of amides is 1. The average molecular weight is 703 g/mol. The number of methoxy groups -OCH3 is 1. The summed E-state index contributed by atoms with van der Waals surface area (Å²) in [6.45, 7) is 11.9. The maximum Gasteiger partial charge on any atom is 0.410 e. The van der Waals surface area contributed by atoms with E-state index in [0.717, 1.165) is 66.1 Å². The molecule has 0 aromatic heterocycles. The number of fused-ring (bicyclic) bond motifs is 1. The molecule has 0 spiro atoms. The maximum atomic E-state index is 13.1. The molecule has 5 rings (SSSR count). The lowest BCUT2D eigenvalue weighted by Gasteiger charge is -2.39. The van der Waals surface area contributed by atoms with E-state index in [4.69, 9.17) is 28.4 Å². The molecule has 0 N–H and O–H groups in total. The van der Waals surface area contributed by atoms with Crippen molar-refractivity contribution in [3.63, 3.8) is 0 Å². The lowest BCUT2D eigenvalue weighted by molar-refractivity contribution is -0.141. The van der Waals surface area contributed by atoms with E-state index in [1.54, 1.807) is 12.0 Å². The molecule has 51 heavy (non-hydrogen) atoms. The smallest absolute Gasteiger partial charge is 0.410 e. The molecular formula is C41H54N2O8. The molecule has 276 valence electrons. The van der Waals surface area contributed by atoms with Crippen LogP contribution in [-0.4, -0.2) is 81.8 Å². The van der Waals surface area contributed by atoms with Gasteiger partial charge in [0.25, 0.3) is 0 Å². The van der Waals surface area contributed by atoms with E-state index in [9.17, 15) is 9.59 Å². The molecule has 0 radical (unpaired) electrons. The molecule has 2 heterocycles. The van der Waals surface area contributed by atoms with Crippen LogP contribution in [0.2, 0.25) is 0 Å². The largest absolute Gasteiger partial charge is 0.496 e. The molecule has 1 amide bonds. The molecule has 2 atom stereocenters. The fourth-order valence-corrected chi connectivity index (χ4v) is 6.64. The van der Waals surface area contributed by atoms with Crippen molar-refractivity contribution in [1.29, 1.82) is 0 Å². The summed E-state index contributed by atoms with van der Waals surface area (Å²) in [5.74, 6) is 1.49. The first-order valence-corrected chi connectivity index (χ1v) is 18.2. The number of para-hydroxylation sites is 1. The summed E-state index contributed by atoms with van der Waals surface area (Å²) >= 11 is 0. The number of piperidine rings is 1. The summed E-state index contributed by atoms with van der Waals surface area (Å²) in [6, 6.07) is 22.4. The average Bonchev–Trinajstić information content (AvgIpc) is 3.12. The molecule has 2 aliphatic rings. The minimum absolute atomic E-state index is 0.0825. The van der Waals surface area contributed by atoms with Gasteiger partial charge in [-0.25, -0.2) is 4.79 Å². The van der Waals surface area contributed by atoms with E-state index in [-0.39, 0.29) is 30.6 Å². The van der Waals surface area contributed by atoms with Crippen LogP contribution in [0.1, 0.15) is 75.1 Å². The van der Waals surface area contributed by atoms with Gasteiger partial charge in [0.1, 0.15) is 23.6 Å². The minimum Gasteiger partial charge on any atom is -0.496 e. The Balaban J connectivity index is 1.20. The fraction of sp³-hybridized carbons (Fsp3) is 0.512. The summed E-state index contributed by atoms with van der Waals surface area (Å²) in [5.41, 5.74) is 4.89. The van der Waals surface area contributed by atoms with Gasteiger partial charge >= 0.3 is 12.1 Å². The number of aryl methyl sites for hydroxylation is 1. The zero-order valence-corrected chi connectivity index (χ0v) is 30.9. The SMILES string of the molecule is CCOC(=O)CN1CCCc2ccc(COC3CN(C(=O)OC(C)(C)C)CCC3c3ccc(OCCCOCc4ccccc4OC)cc3)cc21. The summed E-state index contributed by atoms with van der Waals surface area (Å²) < 4.78 is 34.9. The van der Waals surface area contributed by atoms with Gasteiger partial charge in [0.05, 0.1) is 52.8 Å². The second-order valence-electron chi connectivity index (χ2n) is 14.1. The normalized spacial score (nSPS) is 17.4. The van der Waals surface area contributed by atoms with Crippen molar-refractivity contribution < 1.29 is 38.0 Å².